The minimum atomic E-state index is 0.348. The maximum Gasteiger partial charge on any atom is 0.226 e. The van der Waals surface area contributed by atoms with Crippen LogP contribution in [0.15, 0.2) is 71.3 Å². The molecule has 1 fully saturated rings. The van der Waals surface area contributed by atoms with Gasteiger partial charge in [-0.05, 0) is 55.3 Å². The monoisotopic (exact) mass is 413 g/mol. The third-order valence-electron chi connectivity index (χ3n) is 5.98. The Morgan fingerprint density at radius 2 is 1.74 bits per heavy atom. The van der Waals surface area contributed by atoms with Gasteiger partial charge in [0.25, 0.3) is 0 Å². The van der Waals surface area contributed by atoms with Crippen molar-refractivity contribution in [2.75, 3.05) is 38.1 Å². The summed E-state index contributed by atoms with van der Waals surface area (Å²) in [7, 11) is 2.18. The quantitative estimate of drug-likeness (QED) is 0.453. The number of ether oxygens (including phenoxy) is 1. The molecule has 0 radical (unpaired) electrons. The van der Waals surface area contributed by atoms with Crippen molar-refractivity contribution < 1.29 is 9.15 Å². The number of hydrogen-bond acceptors (Lipinski definition) is 5. The van der Waals surface area contributed by atoms with Crippen LogP contribution in [0.5, 0.6) is 5.75 Å². The van der Waals surface area contributed by atoms with Gasteiger partial charge in [0.05, 0.1) is 6.20 Å². The summed E-state index contributed by atoms with van der Waals surface area (Å²) in [5, 5.41) is 2.51. The Morgan fingerprint density at radius 1 is 0.935 bits per heavy atom. The highest BCUT2D eigenvalue weighted by Crippen LogP contribution is 2.33. The number of fused-ring (bicyclic) bond motifs is 1. The Morgan fingerprint density at radius 3 is 2.55 bits per heavy atom. The molecule has 4 aromatic rings. The highest BCUT2D eigenvalue weighted by Gasteiger charge is 2.17. The third-order valence-corrected chi connectivity index (χ3v) is 5.98. The van der Waals surface area contributed by atoms with Gasteiger partial charge in [-0.15, -0.1) is 0 Å². The van der Waals surface area contributed by atoms with E-state index in [4.69, 9.17) is 9.15 Å². The average molecular weight is 414 g/mol. The van der Waals surface area contributed by atoms with Gasteiger partial charge in [0.15, 0.2) is 5.76 Å². The number of oxazole rings is 1. The van der Waals surface area contributed by atoms with E-state index >= 15 is 0 Å². The molecule has 0 aliphatic carbocycles. The van der Waals surface area contributed by atoms with E-state index in [1.54, 1.807) is 6.20 Å². The van der Waals surface area contributed by atoms with E-state index in [1.165, 1.54) is 22.0 Å². The molecule has 5 nitrogen and oxygen atoms in total. The molecule has 2 heterocycles. The van der Waals surface area contributed by atoms with Crippen molar-refractivity contribution in [2.24, 2.45) is 0 Å². The van der Waals surface area contributed by atoms with Crippen LogP contribution in [0, 0.1) is 6.92 Å². The number of aryl methyl sites for hydroxylation is 1. The van der Waals surface area contributed by atoms with Gasteiger partial charge in [-0.25, -0.2) is 4.98 Å². The molecule has 3 aromatic carbocycles. The zero-order valence-corrected chi connectivity index (χ0v) is 18.0. The van der Waals surface area contributed by atoms with Crippen molar-refractivity contribution in [1.82, 2.24) is 9.88 Å². The van der Waals surface area contributed by atoms with E-state index in [-0.39, 0.29) is 0 Å². The van der Waals surface area contributed by atoms with Crippen molar-refractivity contribution in [2.45, 2.75) is 13.5 Å². The number of anilines is 1. The molecular formula is C26H27N3O2. The molecule has 0 spiro atoms. The zero-order valence-electron chi connectivity index (χ0n) is 18.0. The molecular weight excluding hydrogens is 386 g/mol. The number of rotatable bonds is 5. The molecule has 0 unspecified atom stereocenters. The molecule has 1 aromatic heterocycles. The summed E-state index contributed by atoms with van der Waals surface area (Å²) in [5.41, 5.74) is 3.53. The van der Waals surface area contributed by atoms with E-state index in [1.807, 2.05) is 36.4 Å². The number of piperazine rings is 1. The number of benzene rings is 3. The third kappa shape index (κ3) is 4.14. The van der Waals surface area contributed by atoms with Gasteiger partial charge in [0.1, 0.15) is 12.4 Å². The topological polar surface area (TPSA) is 41.7 Å². The Labute approximate surface area is 182 Å². The summed E-state index contributed by atoms with van der Waals surface area (Å²) in [6.07, 6.45) is 1.74. The maximum atomic E-state index is 6.09. The summed E-state index contributed by atoms with van der Waals surface area (Å²) in [6, 6.07) is 20.7. The summed E-state index contributed by atoms with van der Waals surface area (Å²) in [5.74, 6) is 2.17. The first-order chi connectivity index (χ1) is 15.2. The van der Waals surface area contributed by atoms with E-state index in [2.05, 4.69) is 53.0 Å². The van der Waals surface area contributed by atoms with Crippen LogP contribution in [0.4, 0.5) is 5.69 Å². The highest BCUT2D eigenvalue weighted by atomic mass is 16.5. The molecule has 0 bridgehead atoms. The van der Waals surface area contributed by atoms with Crippen molar-refractivity contribution in [3.63, 3.8) is 0 Å². The van der Waals surface area contributed by atoms with Crippen LogP contribution in [0.2, 0.25) is 0 Å². The van der Waals surface area contributed by atoms with Gasteiger partial charge in [-0.3, -0.25) is 0 Å². The maximum absolute atomic E-state index is 6.09. The van der Waals surface area contributed by atoms with Gasteiger partial charge in [-0.1, -0.05) is 30.3 Å². The van der Waals surface area contributed by atoms with Crippen LogP contribution in [-0.4, -0.2) is 43.1 Å². The lowest BCUT2D eigenvalue weighted by molar-refractivity contribution is 0.272. The molecule has 31 heavy (non-hydrogen) atoms. The lowest BCUT2D eigenvalue weighted by Crippen LogP contribution is -2.44. The largest absolute Gasteiger partial charge is 0.486 e. The number of aromatic nitrogens is 1. The summed E-state index contributed by atoms with van der Waals surface area (Å²) in [4.78, 5) is 9.24. The number of hydrogen-bond donors (Lipinski definition) is 0. The minimum absolute atomic E-state index is 0.348. The van der Waals surface area contributed by atoms with E-state index in [0.717, 1.165) is 37.5 Å². The lowest BCUT2D eigenvalue weighted by atomic mass is 10.0. The Kier molecular flexibility index (Phi) is 5.35. The van der Waals surface area contributed by atoms with Crippen LogP contribution in [0.25, 0.3) is 22.2 Å². The average Bonchev–Trinajstić information content (AvgIpc) is 3.28. The second kappa shape index (κ2) is 8.44. The molecule has 0 saturated carbocycles. The summed E-state index contributed by atoms with van der Waals surface area (Å²) < 4.78 is 12.0. The summed E-state index contributed by atoms with van der Waals surface area (Å²) in [6.45, 7) is 6.76. The highest BCUT2D eigenvalue weighted by molar-refractivity contribution is 5.97. The van der Waals surface area contributed by atoms with Crippen LogP contribution >= 0.6 is 0 Å². The van der Waals surface area contributed by atoms with Crippen LogP contribution < -0.4 is 9.64 Å². The van der Waals surface area contributed by atoms with Crippen molar-refractivity contribution >= 4 is 16.5 Å². The SMILES string of the molecule is Cc1ccc(N2CCN(C)CC2)c2cc(OCc3cnc(-c4ccccc4)o3)ccc12. The minimum Gasteiger partial charge on any atom is -0.486 e. The smallest absolute Gasteiger partial charge is 0.226 e. The standard InChI is InChI=1S/C26H27N3O2/c1-19-8-11-25(29-14-12-28(2)13-15-29)24-16-21(9-10-23(19)24)30-18-22-17-27-26(31-22)20-6-4-3-5-7-20/h3-11,16-17H,12-15,18H2,1-2H3. The normalized spacial score (nSPS) is 14.8. The Hall–Kier alpha value is -3.31. The molecule has 158 valence electrons. The van der Waals surface area contributed by atoms with E-state index in [9.17, 15) is 0 Å². The van der Waals surface area contributed by atoms with Crippen LogP contribution in [0.1, 0.15) is 11.3 Å². The fraction of sp³-hybridized carbons (Fsp3) is 0.269. The van der Waals surface area contributed by atoms with Crippen LogP contribution in [-0.2, 0) is 6.61 Å². The van der Waals surface area contributed by atoms with E-state index in [0.29, 0.717) is 18.3 Å². The fourth-order valence-corrected chi connectivity index (χ4v) is 4.12. The number of likely N-dealkylation sites (N-methyl/N-ethyl adjacent to an activating group) is 1. The predicted molar refractivity (Wildman–Crippen MR) is 125 cm³/mol. The Balaban J connectivity index is 1.37. The van der Waals surface area contributed by atoms with Crippen molar-refractivity contribution in [3.05, 3.63) is 78.2 Å². The molecule has 0 N–H and O–H groups in total. The molecule has 5 heteroatoms. The molecule has 1 saturated heterocycles. The van der Waals surface area contributed by atoms with Gasteiger partial charge in [-0.2, -0.15) is 0 Å². The Bertz CT molecular complexity index is 1180. The fourth-order valence-electron chi connectivity index (χ4n) is 4.12. The van der Waals surface area contributed by atoms with Gasteiger partial charge in [0, 0.05) is 42.8 Å². The molecule has 0 atom stereocenters. The first-order valence-corrected chi connectivity index (χ1v) is 10.8. The second-order valence-electron chi connectivity index (χ2n) is 8.19. The lowest BCUT2D eigenvalue weighted by Gasteiger charge is -2.35. The molecule has 5 rings (SSSR count). The first-order valence-electron chi connectivity index (χ1n) is 10.8. The van der Waals surface area contributed by atoms with Gasteiger partial charge < -0.3 is 19.0 Å². The predicted octanol–water partition coefficient (Wildman–Crippen LogP) is 5.13. The first kappa shape index (κ1) is 19.6. The van der Waals surface area contributed by atoms with Crippen molar-refractivity contribution in [1.29, 1.82) is 0 Å². The van der Waals surface area contributed by atoms with Gasteiger partial charge in [0.2, 0.25) is 5.89 Å². The molecule has 0 amide bonds. The number of nitrogens with zero attached hydrogens (tertiary/aromatic N) is 3. The molecule has 1 aliphatic heterocycles. The second-order valence-corrected chi connectivity index (χ2v) is 8.19. The molecule has 1 aliphatic rings. The summed E-state index contributed by atoms with van der Waals surface area (Å²) >= 11 is 0. The zero-order chi connectivity index (χ0) is 21.2. The van der Waals surface area contributed by atoms with Crippen LogP contribution in [0.3, 0.4) is 0 Å². The van der Waals surface area contributed by atoms with Crippen molar-refractivity contribution in [3.8, 4) is 17.2 Å². The van der Waals surface area contributed by atoms with Gasteiger partial charge >= 0.3 is 0 Å². The van der Waals surface area contributed by atoms with E-state index < -0.39 is 0 Å².